The Kier molecular flexibility index (Phi) is 55.7. The van der Waals surface area contributed by atoms with Gasteiger partial charge in [-0.1, -0.05) is 268 Å². The highest BCUT2D eigenvalue weighted by Crippen LogP contribution is 2.16. The third kappa shape index (κ3) is 56.2. The number of hydrogen-bond acceptors (Lipinski definition) is 6. The van der Waals surface area contributed by atoms with Gasteiger partial charge >= 0.3 is 17.9 Å². The van der Waals surface area contributed by atoms with Crippen molar-refractivity contribution in [3.8, 4) is 0 Å². The second-order valence-electron chi connectivity index (χ2n) is 20.2. The lowest BCUT2D eigenvalue weighted by atomic mass is 10.0. The molecule has 6 nitrogen and oxygen atoms in total. The predicted molar refractivity (Wildman–Crippen MR) is 298 cm³/mol. The van der Waals surface area contributed by atoms with Gasteiger partial charge in [-0.2, -0.15) is 0 Å². The number of carbonyl (C=O) groups is 3. The molecule has 0 aromatic heterocycles. The van der Waals surface area contributed by atoms with E-state index in [4.69, 9.17) is 14.2 Å². The van der Waals surface area contributed by atoms with Crippen molar-refractivity contribution in [2.24, 2.45) is 0 Å². The molecule has 0 bridgehead atoms. The minimum absolute atomic E-state index is 0.0746. The van der Waals surface area contributed by atoms with Crippen LogP contribution in [0.3, 0.4) is 0 Å². The lowest BCUT2D eigenvalue weighted by molar-refractivity contribution is -0.167. The summed E-state index contributed by atoms with van der Waals surface area (Å²) >= 11 is 0. The number of hydrogen-bond donors (Lipinski definition) is 0. The summed E-state index contributed by atoms with van der Waals surface area (Å²) in [5.41, 5.74) is 0. The Hall–Kier alpha value is -2.63. The summed E-state index contributed by atoms with van der Waals surface area (Å²) in [6.45, 7) is 6.56. The highest BCUT2D eigenvalue weighted by atomic mass is 16.6. The first-order valence-electron chi connectivity index (χ1n) is 30.1. The van der Waals surface area contributed by atoms with Crippen LogP contribution in [0.15, 0.2) is 48.6 Å². The van der Waals surface area contributed by atoms with Gasteiger partial charge in [0.1, 0.15) is 13.2 Å². The molecule has 0 aromatic rings. The fourth-order valence-corrected chi connectivity index (χ4v) is 8.81. The van der Waals surface area contributed by atoms with Gasteiger partial charge in [0.15, 0.2) is 6.10 Å². The molecule has 0 aliphatic heterocycles. The summed E-state index contributed by atoms with van der Waals surface area (Å²) in [6, 6.07) is 0. The Bertz CT molecular complexity index is 1200. The minimum atomic E-state index is -0.778. The monoisotopic (exact) mass is 967 g/mol. The Morgan fingerprint density at radius 3 is 0.899 bits per heavy atom. The van der Waals surface area contributed by atoms with E-state index in [1.54, 1.807) is 0 Å². The van der Waals surface area contributed by atoms with Crippen molar-refractivity contribution in [3.05, 3.63) is 48.6 Å². The second kappa shape index (κ2) is 57.9. The number of unbranched alkanes of at least 4 members (excludes halogenated alkanes) is 36. The SMILES string of the molecule is CC/C=C\C/C=C\C/C=C\CCCCCCCCCCCC(=O)OCC(COC(=O)CCCCCCCCCCCCCCCC)OC(=O)CCCCCCC/C=C\CCCCCCCCCCC. The topological polar surface area (TPSA) is 78.9 Å². The van der Waals surface area contributed by atoms with E-state index in [-0.39, 0.29) is 31.1 Å². The van der Waals surface area contributed by atoms with E-state index in [1.807, 2.05) is 0 Å². The van der Waals surface area contributed by atoms with Gasteiger partial charge in [-0.25, -0.2) is 0 Å². The fourth-order valence-electron chi connectivity index (χ4n) is 8.81. The minimum Gasteiger partial charge on any atom is -0.462 e. The Balaban J connectivity index is 4.35. The second-order valence-corrected chi connectivity index (χ2v) is 20.2. The summed E-state index contributed by atoms with van der Waals surface area (Å²) in [5.74, 6) is -0.871. The van der Waals surface area contributed by atoms with Gasteiger partial charge in [-0.3, -0.25) is 14.4 Å². The van der Waals surface area contributed by atoms with Crippen LogP contribution in [0.1, 0.15) is 316 Å². The van der Waals surface area contributed by atoms with Crippen LogP contribution < -0.4 is 0 Å². The van der Waals surface area contributed by atoms with Gasteiger partial charge in [0.2, 0.25) is 0 Å². The van der Waals surface area contributed by atoms with Crippen molar-refractivity contribution in [2.45, 2.75) is 322 Å². The first-order chi connectivity index (χ1) is 34.0. The Morgan fingerprint density at radius 2 is 0.565 bits per heavy atom. The van der Waals surface area contributed by atoms with Gasteiger partial charge in [0, 0.05) is 19.3 Å². The lowest BCUT2D eigenvalue weighted by Gasteiger charge is -2.18. The third-order valence-electron chi connectivity index (χ3n) is 13.3. The van der Waals surface area contributed by atoms with Crippen LogP contribution in [0.25, 0.3) is 0 Å². The zero-order chi connectivity index (χ0) is 50.0. The molecule has 402 valence electrons. The van der Waals surface area contributed by atoms with Crippen LogP contribution >= 0.6 is 0 Å². The normalized spacial score (nSPS) is 12.3. The zero-order valence-electron chi connectivity index (χ0n) is 46.1. The van der Waals surface area contributed by atoms with Crippen molar-refractivity contribution in [1.82, 2.24) is 0 Å². The summed E-state index contributed by atoms with van der Waals surface area (Å²) in [5, 5.41) is 0. The summed E-state index contributed by atoms with van der Waals surface area (Å²) in [4.78, 5) is 38.2. The molecule has 0 aliphatic rings. The molecule has 0 amide bonds. The van der Waals surface area contributed by atoms with E-state index < -0.39 is 6.10 Å². The van der Waals surface area contributed by atoms with E-state index in [0.29, 0.717) is 19.3 Å². The summed E-state index contributed by atoms with van der Waals surface area (Å²) < 4.78 is 16.9. The van der Waals surface area contributed by atoms with Gasteiger partial charge < -0.3 is 14.2 Å². The van der Waals surface area contributed by atoms with Gasteiger partial charge in [-0.05, 0) is 77.0 Å². The van der Waals surface area contributed by atoms with Gasteiger partial charge in [-0.15, -0.1) is 0 Å². The smallest absolute Gasteiger partial charge is 0.306 e. The highest BCUT2D eigenvalue weighted by molar-refractivity contribution is 5.71. The average Bonchev–Trinajstić information content (AvgIpc) is 3.35. The molecule has 69 heavy (non-hydrogen) atoms. The van der Waals surface area contributed by atoms with Gasteiger partial charge in [0.25, 0.3) is 0 Å². The molecule has 0 saturated carbocycles. The first kappa shape index (κ1) is 66.4. The number of allylic oxidation sites excluding steroid dienone is 8. The van der Waals surface area contributed by atoms with E-state index in [9.17, 15) is 14.4 Å². The van der Waals surface area contributed by atoms with Crippen LogP contribution in [0.2, 0.25) is 0 Å². The first-order valence-corrected chi connectivity index (χ1v) is 30.1. The molecule has 0 aromatic carbocycles. The zero-order valence-corrected chi connectivity index (χ0v) is 46.1. The molecule has 0 radical (unpaired) electrons. The maximum absolute atomic E-state index is 12.9. The van der Waals surface area contributed by atoms with Crippen molar-refractivity contribution in [1.29, 1.82) is 0 Å². The quantitative estimate of drug-likeness (QED) is 0.0262. The molecule has 0 rings (SSSR count). The predicted octanol–water partition coefficient (Wildman–Crippen LogP) is 20.2. The maximum atomic E-state index is 12.9. The van der Waals surface area contributed by atoms with Crippen molar-refractivity contribution in [2.75, 3.05) is 13.2 Å². The van der Waals surface area contributed by atoms with E-state index in [1.165, 1.54) is 193 Å². The summed E-state index contributed by atoms with van der Waals surface area (Å²) in [7, 11) is 0. The van der Waals surface area contributed by atoms with Crippen LogP contribution in [0, 0.1) is 0 Å². The van der Waals surface area contributed by atoms with Crippen molar-refractivity contribution < 1.29 is 28.6 Å². The Morgan fingerprint density at radius 1 is 0.304 bits per heavy atom. The maximum Gasteiger partial charge on any atom is 0.306 e. The van der Waals surface area contributed by atoms with Gasteiger partial charge in [0.05, 0.1) is 0 Å². The average molecular weight is 968 g/mol. The van der Waals surface area contributed by atoms with Crippen molar-refractivity contribution in [3.63, 3.8) is 0 Å². The summed E-state index contributed by atoms with van der Waals surface area (Å²) in [6.07, 6.45) is 71.0. The van der Waals surface area contributed by atoms with Crippen molar-refractivity contribution >= 4 is 17.9 Å². The lowest BCUT2D eigenvalue weighted by Crippen LogP contribution is -2.30. The number of carbonyl (C=O) groups excluding carboxylic acids is 3. The molecular formula is C63H114O6. The molecule has 6 heteroatoms. The number of rotatable bonds is 55. The molecular weight excluding hydrogens is 853 g/mol. The van der Waals surface area contributed by atoms with E-state index in [2.05, 4.69) is 69.4 Å². The number of esters is 3. The Labute approximate surface area is 428 Å². The third-order valence-corrected chi connectivity index (χ3v) is 13.3. The van der Waals surface area contributed by atoms with Crippen LogP contribution in [-0.4, -0.2) is 37.2 Å². The fraction of sp³-hybridized carbons (Fsp3) is 0.825. The molecule has 0 spiro atoms. The largest absolute Gasteiger partial charge is 0.462 e. The molecule has 0 heterocycles. The molecule has 0 fully saturated rings. The molecule has 1 atom stereocenters. The van der Waals surface area contributed by atoms with E-state index in [0.717, 1.165) is 83.5 Å². The molecule has 0 saturated heterocycles. The van der Waals surface area contributed by atoms with Crippen LogP contribution in [0.4, 0.5) is 0 Å². The molecule has 0 N–H and O–H groups in total. The van der Waals surface area contributed by atoms with Crippen LogP contribution in [-0.2, 0) is 28.6 Å². The standard InChI is InChI=1S/C63H114O6/c1-4-7-10-13-16-19-22-25-28-30-32-34-35-38-41-44-47-50-53-56-62(65)68-59-60(58-67-61(64)55-52-49-46-43-40-37-27-24-21-18-15-12-9-6-3)69-63(66)57-54-51-48-45-42-39-36-33-31-29-26-23-20-17-14-11-8-5-2/h7,10,16,19,25,28,33,36,60H,4-6,8-9,11-15,17-18,20-24,26-27,29-32,34-35,37-59H2,1-3H3/b10-7-,19-16-,28-25-,36-33-. The van der Waals surface area contributed by atoms with Crippen LogP contribution in [0.5, 0.6) is 0 Å². The molecule has 1 unspecified atom stereocenters. The molecule has 0 aliphatic carbocycles. The van der Waals surface area contributed by atoms with E-state index >= 15 is 0 Å². The number of ether oxygens (including phenoxy) is 3. The highest BCUT2D eigenvalue weighted by Gasteiger charge is 2.19.